The van der Waals surface area contributed by atoms with Crippen molar-refractivity contribution in [2.24, 2.45) is 0 Å². The van der Waals surface area contributed by atoms with Crippen LogP contribution in [0.5, 0.6) is 5.75 Å². The van der Waals surface area contributed by atoms with Crippen molar-refractivity contribution in [1.29, 1.82) is 0 Å². The Kier molecular flexibility index (Phi) is 14.1. The van der Waals surface area contributed by atoms with Crippen molar-refractivity contribution in [1.82, 2.24) is 34.4 Å². The predicted octanol–water partition coefficient (Wildman–Crippen LogP) is 5.59. The summed E-state index contributed by atoms with van der Waals surface area (Å²) in [5.74, 6) is -1.09. The summed E-state index contributed by atoms with van der Waals surface area (Å²) in [6.07, 6.45) is 6.71. The van der Waals surface area contributed by atoms with Crippen LogP contribution in [-0.2, 0) is 27.4 Å². The third kappa shape index (κ3) is 10.8. The van der Waals surface area contributed by atoms with Gasteiger partial charge in [-0.3, -0.25) is 24.4 Å². The first-order chi connectivity index (χ1) is 29.6. The number of pyridine rings is 2. The molecule has 17 heteroatoms. The van der Waals surface area contributed by atoms with E-state index in [0.29, 0.717) is 23.7 Å². The highest BCUT2D eigenvalue weighted by Crippen LogP contribution is 2.25. The van der Waals surface area contributed by atoms with Crippen molar-refractivity contribution in [3.8, 4) is 5.75 Å². The van der Waals surface area contributed by atoms with Gasteiger partial charge in [0.2, 0.25) is 0 Å². The second-order valence-electron chi connectivity index (χ2n) is 13.4. The number of para-hydroxylation sites is 1. The highest BCUT2D eigenvalue weighted by atomic mass is 16.6. The van der Waals surface area contributed by atoms with Crippen molar-refractivity contribution in [3.63, 3.8) is 0 Å². The molecule has 2 N–H and O–H groups in total. The van der Waals surface area contributed by atoms with Gasteiger partial charge in [0.25, 0.3) is 17.0 Å². The normalized spacial score (nSPS) is 10.6. The summed E-state index contributed by atoms with van der Waals surface area (Å²) in [6, 6.07) is 27.3. The van der Waals surface area contributed by atoms with Crippen LogP contribution in [0, 0.1) is 0 Å². The predicted molar refractivity (Wildman–Crippen MR) is 230 cm³/mol. The lowest BCUT2D eigenvalue weighted by molar-refractivity contribution is -0.131. The third-order valence-electron chi connectivity index (χ3n) is 9.00. The molecule has 4 aromatic heterocycles. The molecule has 0 unspecified atom stereocenters. The van der Waals surface area contributed by atoms with E-state index in [9.17, 15) is 24.0 Å². The monoisotopic (exact) mass is 825 g/mol. The maximum Gasteiger partial charge on any atom is 0.359 e. The van der Waals surface area contributed by atoms with Crippen LogP contribution < -0.4 is 26.5 Å². The largest absolute Gasteiger partial charge is 0.490 e. The van der Waals surface area contributed by atoms with Gasteiger partial charge in [0.05, 0.1) is 23.8 Å². The number of fused-ring (bicyclic) bond motifs is 2. The Morgan fingerprint density at radius 3 is 1.57 bits per heavy atom. The van der Waals surface area contributed by atoms with Crippen molar-refractivity contribution in [2.45, 2.75) is 26.9 Å². The van der Waals surface area contributed by atoms with Crippen molar-refractivity contribution < 1.29 is 28.6 Å². The molecule has 0 atom stereocenters. The summed E-state index contributed by atoms with van der Waals surface area (Å²) in [5, 5.41) is 17.9. The van der Waals surface area contributed by atoms with E-state index in [1.165, 1.54) is 21.7 Å². The van der Waals surface area contributed by atoms with Gasteiger partial charge in [0, 0.05) is 73.3 Å². The fraction of sp³-hybridized carbons (Fsp3) is 0.205. The minimum absolute atomic E-state index is 0.0295. The summed E-state index contributed by atoms with van der Waals surface area (Å²) in [5.41, 5.74) is 0.875. The van der Waals surface area contributed by atoms with Gasteiger partial charge in [0.1, 0.15) is 30.3 Å². The van der Waals surface area contributed by atoms with Crippen LogP contribution in [0.1, 0.15) is 34.8 Å². The number of hydrogen-bond acceptors (Lipinski definition) is 14. The molecule has 3 aromatic carbocycles. The van der Waals surface area contributed by atoms with Gasteiger partial charge in [-0.2, -0.15) is 10.2 Å². The van der Waals surface area contributed by atoms with Gasteiger partial charge in [-0.05, 0) is 26.0 Å². The molecule has 61 heavy (non-hydrogen) atoms. The Labute approximate surface area is 349 Å². The molecule has 0 aliphatic carbocycles. The maximum absolute atomic E-state index is 12.8. The number of esters is 2. The molecule has 0 bridgehead atoms. The summed E-state index contributed by atoms with van der Waals surface area (Å²) >= 11 is 0. The number of hydrogen-bond donors (Lipinski definition) is 2. The number of aryl methyl sites for hydroxylation is 2. The first kappa shape index (κ1) is 42.7. The van der Waals surface area contributed by atoms with Crippen LogP contribution >= 0.6 is 0 Å². The minimum atomic E-state index is -0.790. The Balaban J connectivity index is 0.000000205. The Bertz CT molecular complexity index is 2780. The average molecular weight is 826 g/mol. The van der Waals surface area contributed by atoms with Gasteiger partial charge in [-0.15, -0.1) is 0 Å². The fourth-order valence-corrected chi connectivity index (χ4v) is 5.83. The molecule has 4 heterocycles. The number of amides is 1. The number of anilines is 4. The first-order valence-electron chi connectivity index (χ1n) is 19.2. The lowest BCUT2D eigenvalue weighted by Gasteiger charge is -2.13. The number of likely N-dealkylation sites (N-methyl/N-ethyl adjacent to an activating group) is 1. The van der Waals surface area contributed by atoms with Gasteiger partial charge >= 0.3 is 11.9 Å². The quantitative estimate of drug-likeness (QED) is 0.102. The number of rotatable bonds is 14. The standard InChI is InChI=1S/C24H22N4O4.C20H21N5O4/c1-2-28-23(29)20(26-22-16-25-15-17-8-6-7-11-19(17)22)14-21(27-28)24(30)32-13-12-31-18-9-4-3-5-10-18;1-4-25-19(27)15(9-16(23-25)20(28)29-12-18(26)24(2)3)22-17-11-21-10-13-7-5-6-8-14(13)17/h3-11,14-16,26H,2,12-13H2,1H3;5-11,22H,4,12H2,1-3H3. The van der Waals surface area contributed by atoms with Crippen molar-refractivity contribution in [3.05, 3.63) is 148 Å². The topological polar surface area (TPSA) is 202 Å². The SMILES string of the molecule is CCn1nc(C(=O)OCC(=O)N(C)C)cc(Nc2cncc3ccccc23)c1=O.CCn1nc(C(=O)OCCOc2ccccc2)cc(Nc2cncc3ccccc23)c1=O. The van der Waals surface area contributed by atoms with Crippen LogP contribution in [0.2, 0.25) is 0 Å². The highest BCUT2D eigenvalue weighted by Gasteiger charge is 2.19. The lowest BCUT2D eigenvalue weighted by atomic mass is 10.1. The molecule has 0 saturated carbocycles. The highest BCUT2D eigenvalue weighted by molar-refractivity contribution is 5.96. The molecule has 0 fully saturated rings. The van der Waals surface area contributed by atoms with E-state index in [2.05, 4.69) is 30.8 Å². The van der Waals surface area contributed by atoms with Gasteiger partial charge in [-0.1, -0.05) is 66.7 Å². The molecule has 0 spiro atoms. The second-order valence-corrected chi connectivity index (χ2v) is 13.4. The number of nitrogens with one attached hydrogen (secondary N) is 2. The molecular weight excluding hydrogens is 783 g/mol. The number of carbonyl (C=O) groups excluding carboxylic acids is 3. The zero-order valence-corrected chi connectivity index (χ0v) is 33.9. The average Bonchev–Trinajstić information content (AvgIpc) is 3.28. The van der Waals surface area contributed by atoms with Crippen LogP contribution in [0.4, 0.5) is 22.7 Å². The van der Waals surface area contributed by atoms with Gasteiger partial charge in [0.15, 0.2) is 18.0 Å². The van der Waals surface area contributed by atoms with E-state index >= 15 is 0 Å². The molecule has 0 radical (unpaired) electrons. The van der Waals surface area contributed by atoms with E-state index in [4.69, 9.17) is 14.2 Å². The first-order valence-corrected chi connectivity index (χ1v) is 19.2. The van der Waals surface area contributed by atoms with E-state index in [0.717, 1.165) is 26.2 Å². The summed E-state index contributed by atoms with van der Waals surface area (Å²) in [7, 11) is 3.12. The molecule has 7 aromatic rings. The summed E-state index contributed by atoms with van der Waals surface area (Å²) < 4.78 is 18.2. The third-order valence-corrected chi connectivity index (χ3v) is 9.00. The summed E-state index contributed by atoms with van der Waals surface area (Å²) in [6.45, 7) is 3.93. The molecule has 0 saturated heterocycles. The van der Waals surface area contributed by atoms with Crippen LogP contribution in [0.15, 0.2) is 125 Å². The van der Waals surface area contributed by atoms with Gasteiger partial charge < -0.3 is 29.7 Å². The van der Waals surface area contributed by atoms with Crippen molar-refractivity contribution >= 4 is 62.1 Å². The van der Waals surface area contributed by atoms with E-state index < -0.39 is 18.5 Å². The zero-order valence-electron chi connectivity index (χ0n) is 33.9. The Hall–Kier alpha value is -7.95. The number of benzene rings is 3. The Morgan fingerprint density at radius 1 is 0.607 bits per heavy atom. The molecule has 0 aliphatic heterocycles. The number of ether oxygens (including phenoxy) is 3. The summed E-state index contributed by atoms with van der Waals surface area (Å²) in [4.78, 5) is 71.7. The molecule has 0 aliphatic rings. The minimum Gasteiger partial charge on any atom is -0.490 e. The van der Waals surface area contributed by atoms with Gasteiger partial charge in [-0.25, -0.2) is 19.0 Å². The molecule has 17 nitrogen and oxygen atoms in total. The van der Waals surface area contributed by atoms with Crippen molar-refractivity contribution in [2.75, 3.05) is 44.5 Å². The number of aromatic nitrogens is 6. The zero-order chi connectivity index (χ0) is 43.3. The maximum atomic E-state index is 12.8. The van der Waals surface area contributed by atoms with E-state index in [-0.39, 0.29) is 59.5 Å². The molecule has 7 rings (SSSR count). The molecule has 312 valence electrons. The molecule has 1 amide bonds. The van der Waals surface area contributed by atoms with E-state index in [1.807, 2.05) is 78.9 Å². The smallest absolute Gasteiger partial charge is 0.359 e. The van der Waals surface area contributed by atoms with Crippen LogP contribution in [0.25, 0.3) is 21.5 Å². The lowest BCUT2D eigenvalue weighted by Crippen LogP contribution is -2.30. The second kappa shape index (κ2) is 20.1. The van der Waals surface area contributed by atoms with Crippen LogP contribution in [-0.4, -0.2) is 86.2 Å². The van der Waals surface area contributed by atoms with E-state index in [1.54, 1.807) is 52.7 Å². The molecular formula is C44H43N9O8. The number of carbonyl (C=O) groups is 3. The Morgan fingerprint density at radius 2 is 1.08 bits per heavy atom. The fourth-order valence-electron chi connectivity index (χ4n) is 5.83. The number of nitrogens with zero attached hydrogens (tertiary/aromatic N) is 7. The van der Waals surface area contributed by atoms with Crippen LogP contribution in [0.3, 0.4) is 0 Å².